The minimum absolute atomic E-state index is 0.272. The van der Waals surface area contributed by atoms with Crippen LogP contribution in [-0.4, -0.2) is 11.9 Å². The summed E-state index contributed by atoms with van der Waals surface area (Å²) in [7, 11) is 0. The first-order valence-corrected chi connectivity index (χ1v) is 7.81. The predicted octanol–water partition coefficient (Wildman–Crippen LogP) is 3.49. The van der Waals surface area contributed by atoms with Crippen molar-refractivity contribution in [1.29, 1.82) is 0 Å². The van der Waals surface area contributed by atoms with Crippen molar-refractivity contribution in [3.8, 4) is 0 Å². The molecule has 110 valence electrons. The van der Waals surface area contributed by atoms with E-state index >= 15 is 0 Å². The molecule has 3 N–H and O–H groups in total. The minimum Gasteiger partial charge on any atom is -0.382 e. The highest BCUT2D eigenvalue weighted by Gasteiger charge is 2.18. The fourth-order valence-corrected chi connectivity index (χ4v) is 3.15. The van der Waals surface area contributed by atoms with Crippen molar-refractivity contribution in [3.63, 3.8) is 0 Å². The molecule has 3 heteroatoms. The van der Waals surface area contributed by atoms with Gasteiger partial charge < -0.3 is 11.1 Å². The van der Waals surface area contributed by atoms with E-state index in [1.165, 1.54) is 38.5 Å². The number of carbonyl (C=O) groups excluding carboxylic acids is 1. The quantitative estimate of drug-likeness (QED) is 0.808. The maximum atomic E-state index is 11.1. The number of benzene rings is 1. The Hall–Kier alpha value is -1.51. The Balaban J connectivity index is 2.00. The Morgan fingerprint density at radius 3 is 2.80 bits per heavy atom. The molecule has 2 rings (SSSR count). The topological polar surface area (TPSA) is 55.1 Å². The van der Waals surface area contributed by atoms with Gasteiger partial charge in [-0.15, -0.1) is 0 Å². The smallest absolute Gasteiger partial charge is 0.221 e. The van der Waals surface area contributed by atoms with Crippen LogP contribution < -0.4 is 11.1 Å². The highest BCUT2D eigenvalue weighted by molar-refractivity contribution is 5.78. The summed E-state index contributed by atoms with van der Waals surface area (Å²) in [6, 6.07) is 8.54. The van der Waals surface area contributed by atoms with Gasteiger partial charge in [0.2, 0.25) is 5.91 Å². The molecule has 0 aliphatic heterocycles. The van der Waals surface area contributed by atoms with Crippen LogP contribution in [0.1, 0.15) is 51.0 Å². The lowest BCUT2D eigenvalue weighted by Crippen LogP contribution is -2.21. The van der Waals surface area contributed by atoms with Crippen molar-refractivity contribution < 1.29 is 4.79 Å². The average molecular weight is 274 g/mol. The van der Waals surface area contributed by atoms with E-state index in [1.807, 2.05) is 18.2 Å². The Bertz CT molecular complexity index is 444. The zero-order chi connectivity index (χ0) is 14.4. The first-order chi connectivity index (χ1) is 9.69. The summed E-state index contributed by atoms with van der Waals surface area (Å²) in [6.45, 7) is 2.29. The van der Waals surface area contributed by atoms with E-state index in [4.69, 9.17) is 5.73 Å². The molecule has 20 heavy (non-hydrogen) atoms. The van der Waals surface area contributed by atoms with Crippen molar-refractivity contribution in [2.45, 2.75) is 57.9 Å². The van der Waals surface area contributed by atoms with Crippen molar-refractivity contribution in [2.75, 3.05) is 5.32 Å². The van der Waals surface area contributed by atoms with E-state index in [0.717, 1.165) is 17.2 Å². The van der Waals surface area contributed by atoms with Gasteiger partial charge in [0.25, 0.3) is 0 Å². The van der Waals surface area contributed by atoms with Crippen molar-refractivity contribution >= 4 is 11.6 Å². The Morgan fingerprint density at radius 1 is 1.25 bits per heavy atom. The molecule has 2 unspecified atom stereocenters. The zero-order valence-electron chi connectivity index (χ0n) is 12.4. The maximum absolute atomic E-state index is 11.1. The fraction of sp³-hybridized carbons (Fsp3) is 0.588. The lowest BCUT2D eigenvalue weighted by atomic mass is 9.97. The number of carbonyl (C=O) groups is 1. The van der Waals surface area contributed by atoms with Crippen LogP contribution in [0, 0.1) is 5.92 Å². The van der Waals surface area contributed by atoms with Crippen LogP contribution in [0.5, 0.6) is 0 Å². The molecular formula is C17H26N2O. The van der Waals surface area contributed by atoms with E-state index in [-0.39, 0.29) is 5.91 Å². The van der Waals surface area contributed by atoms with Gasteiger partial charge in [-0.25, -0.2) is 0 Å². The predicted molar refractivity (Wildman–Crippen MR) is 83.6 cm³/mol. The molecule has 0 heterocycles. The van der Waals surface area contributed by atoms with Crippen LogP contribution in [0.4, 0.5) is 5.69 Å². The molecule has 1 saturated carbocycles. The molecule has 0 spiro atoms. The van der Waals surface area contributed by atoms with Crippen LogP contribution >= 0.6 is 0 Å². The molecule has 1 aliphatic rings. The molecule has 3 nitrogen and oxygen atoms in total. The summed E-state index contributed by atoms with van der Waals surface area (Å²) in [4.78, 5) is 11.1. The second kappa shape index (κ2) is 7.32. The SMILES string of the molecule is CCC1CCCC(Nc2ccccc2CC(N)=O)CC1. The van der Waals surface area contributed by atoms with Gasteiger partial charge in [-0.1, -0.05) is 44.4 Å². The maximum Gasteiger partial charge on any atom is 0.221 e. The molecule has 1 aromatic carbocycles. The number of anilines is 1. The first-order valence-electron chi connectivity index (χ1n) is 7.81. The van der Waals surface area contributed by atoms with Gasteiger partial charge in [-0.3, -0.25) is 4.79 Å². The van der Waals surface area contributed by atoms with Crippen LogP contribution in [-0.2, 0) is 11.2 Å². The lowest BCUT2D eigenvalue weighted by Gasteiger charge is -2.20. The summed E-state index contributed by atoms with van der Waals surface area (Å²) in [5.74, 6) is 0.619. The first kappa shape index (κ1) is 14.9. The molecule has 0 bridgehead atoms. The largest absolute Gasteiger partial charge is 0.382 e. The van der Waals surface area contributed by atoms with E-state index in [0.29, 0.717) is 12.5 Å². The van der Waals surface area contributed by atoms with Crippen LogP contribution in [0.2, 0.25) is 0 Å². The van der Waals surface area contributed by atoms with Crippen LogP contribution in [0.3, 0.4) is 0 Å². The third kappa shape index (κ3) is 4.26. The van der Waals surface area contributed by atoms with E-state index in [1.54, 1.807) is 0 Å². The van der Waals surface area contributed by atoms with Gasteiger partial charge in [0.05, 0.1) is 6.42 Å². The molecule has 1 amide bonds. The highest BCUT2D eigenvalue weighted by atomic mass is 16.1. The minimum atomic E-state index is -0.272. The van der Waals surface area contributed by atoms with Crippen LogP contribution in [0.25, 0.3) is 0 Å². The normalized spacial score (nSPS) is 23.1. The van der Waals surface area contributed by atoms with Gasteiger partial charge in [0.15, 0.2) is 0 Å². The van der Waals surface area contributed by atoms with Gasteiger partial charge in [-0.05, 0) is 36.8 Å². The number of rotatable bonds is 5. The Kier molecular flexibility index (Phi) is 5.45. The summed E-state index contributed by atoms with van der Waals surface area (Å²) in [5.41, 5.74) is 7.41. The molecule has 0 saturated heterocycles. The highest BCUT2D eigenvalue weighted by Crippen LogP contribution is 2.28. The number of nitrogens with one attached hydrogen (secondary N) is 1. The van der Waals surface area contributed by atoms with Gasteiger partial charge >= 0.3 is 0 Å². The van der Waals surface area contributed by atoms with Crippen molar-refractivity contribution in [3.05, 3.63) is 29.8 Å². The number of hydrogen-bond acceptors (Lipinski definition) is 2. The monoisotopic (exact) mass is 274 g/mol. The molecule has 1 aliphatic carbocycles. The van der Waals surface area contributed by atoms with Gasteiger partial charge in [-0.2, -0.15) is 0 Å². The number of amides is 1. The summed E-state index contributed by atoms with van der Waals surface area (Å²) in [5, 5.41) is 3.63. The van der Waals surface area contributed by atoms with E-state index < -0.39 is 0 Å². The number of primary amides is 1. The molecule has 1 fully saturated rings. The molecular weight excluding hydrogens is 248 g/mol. The average Bonchev–Trinajstić information content (AvgIpc) is 2.65. The number of nitrogens with two attached hydrogens (primary N) is 1. The van der Waals surface area contributed by atoms with Gasteiger partial charge in [0.1, 0.15) is 0 Å². The summed E-state index contributed by atoms with van der Waals surface area (Å²) in [6.07, 6.45) is 8.03. The Morgan fingerprint density at radius 2 is 2.05 bits per heavy atom. The molecule has 0 radical (unpaired) electrons. The third-order valence-electron chi connectivity index (χ3n) is 4.41. The molecule has 0 aromatic heterocycles. The second-order valence-electron chi connectivity index (χ2n) is 5.92. The number of hydrogen-bond donors (Lipinski definition) is 2. The molecule has 1 aromatic rings. The fourth-order valence-electron chi connectivity index (χ4n) is 3.15. The summed E-state index contributed by atoms with van der Waals surface area (Å²) < 4.78 is 0. The standard InChI is InChI=1S/C17H26N2O/c1-2-13-6-5-8-15(11-10-13)19-16-9-4-3-7-14(16)12-17(18)20/h3-4,7,9,13,15,19H,2,5-6,8,10-12H2,1H3,(H2,18,20). The molecule has 2 atom stereocenters. The van der Waals surface area contributed by atoms with E-state index in [9.17, 15) is 4.79 Å². The lowest BCUT2D eigenvalue weighted by molar-refractivity contribution is -0.117. The van der Waals surface area contributed by atoms with Crippen molar-refractivity contribution in [1.82, 2.24) is 0 Å². The third-order valence-corrected chi connectivity index (χ3v) is 4.41. The Labute approximate surface area is 121 Å². The van der Waals surface area contributed by atoms with Gasteiger partial charge in [0, 0.05) is 11.7 Å². The summed E-state index contributed by atoms with van der Waals surface area (Å²) >= 11 is 0. The second-order valence-corrected chi connectivity index (χ2v) is 5.92. The van der Waals surface area contributed by atoms with Crippen LogP contribution in [0.15, 0.2) is 24.3 Å². The van der Waals surface area contributed by atoms with E-state index in [2.05, 4.69) is 18.3 Å². The van der Waals surface area contributed by atoms with Crippen molar-refractivity contribution in [2.24, 2.45) is 11.7 Å². The number of para-hydroxylation sites is 1. The zero-order valence-corrected chi connectivity index (χ0v) is 12.4.